The van der Waals surface area contributed by atoms with Crippen molar-refractivity contribution in [2.75, 3.05) is 0 Å². The molecule has 0 spiro atoms. The van der Waals surface area contributed by atoms with Crippen LogP contribution in [0.2, 0.25) is 0 Å². The second-order valence-corrected chi connectivity index (χ2v) is 3.81. The second kappa shape index (κ2) is 3.45. The summed E-state index contributed by atoms with van der Waals surface area (Å²) >= 11 is 0. The molecule has 16 heavy (non-hydrogen) atoms. The van der Waals surface area contributed by atoms with Gasteiger partial charge in [0.1, 0.15) is 6.33 Å². The van der Waals surface area contributed by atoms with E-state index >= 15 is 0 Å². The Hall–Kier alpha value is -2.16. The quantitative estimate of drug-likeness (QED) is 0.617. The van der Waals surface area contributed by atoms with Crippen molar-refractivity contribution in [3.05, 3.63) is 54.6 Å². The van der Waals surface area contributed by atoms with E-state index in [2.05, 4.69) is 39.7 Å². The standard InChI is InChI=1S/C13H11N3/c1-10-2-3-13-12(8-10)15-9-16(13)11-4-6-14-7-5-11/h2-9H,1H3. The van der Waals surface area contributed by atoms with Crippen molar-refractivity contribution in [3.8, 4) is 5.69 Å². The van der Waals surface area contributed by atoms with Gasteiger partial charge in [-0.3, -0.25) is 9.55 Å². The predicted molar refractivity (Wildman–Crippen MR) is 63.6 cm³/mol. The number of pyridine rings is 1. The van der Waals surface area contributed by atoms with Gasteiger partial charge in [-0.25, -0.2) is 4.98 Å². The van der Waals surface area contributed by atoms with Crippen molar-refractivity contribution in [3.63, 3.8) is 0 Å². The topological polar surface area (TPSA) is 30.7 Å². The monoisotopic (exact) mass is 209 g/mol. The molecule has 0 fully saturated rings. The van der Waals surface area contributed by atoms with E-state index in [4.69, 9.17) is 0 Å². The van der Waals surface area contributed by atoms with Crippen LogP contribution in [-0.2, 0) is 0 Å². The van der Waals surface area contributed by atoms with E-state index < -0.39 is 0 Å². The van der Waals surface area contributed by atoms with Gasteiger partial charge in [-0.2, -0.15) is 0 Å². The van der Waals surface area contributed by atoms with E-state index in [1.54, 1.807) is 12.4 Å². The summed E-state index contributed by atoms with van der Waals surface area (Å²) in [6, 6.07) is 10.2. The lowest BCUT2D eigenvalue weighted by atomic mass is 10.2. The molecule has 0 saturated carbocycles. The fraction of sp³-hybridized carbons (Fsp3) is 0.0769. The van der Waals surface area contributed by atoms with Crippen molar-refractivity contribution in [2.24, 2.45) is 0 Å². The fourth-order valence-electron chi connectivity index (χ4n) is 1.83. The predicted octanol–water partition coefficient (Wildman–Crippen LogP) is 2.73. The number of hydrogen-bond donors (Lipinski definition) is 0. The van der Waals surface area contributed by atoms with E-state index in [-0.39, 0.29) is 0 Å². The molecule has 0 atom stereocenters. The Morgan fingerprint density at radius 2 is 1.88 bits per heavy atom. The molecule has 0 radical (unpaired) electrons. The molecule has 0 N–H and O–H groups in total. The molecule has 3 rings (SSSR count). The summed E-state index contributed by atoms with van der Waals surface area (Å²) in [5.41, 5.74) is 4.46. The highest BCUT2D eigenvalue weighted by Crippen LogP contribution is 2.18. The number of nitrogens with zero attached hydrogens (tertiary/aromatic N) is 3. The molecule has 0 aliphatic heterocycles. The van der Waals surface area contributed by atoms with Crippen LogP contribution in [-0.4, -0.2) is 14.5 Å². The van der Waals surface area contributed by atoms with Crippen LogP contribution < -0.4 is 0 Å². The summed E-state index contributed by atoms with van der Waals surface area (Å²) in [7, 11) is 0. The first kappa shape index (κ1) is 9.09. The lowest BCUT2D eigenvalue weighted by molar-refractivity contribution is 1.08. The normalized spacial score (nSPS) is 10.8. The molecule has 3 aromatic rings. The summed E-state index contributed by atoms with van der Waals surface area (Å²) in [6.07, 6.45) is 5.42. The summed E-state index contributed by atoms with van der Waals surface area (Å²) in [4.78, 5) is 8.41. The highest BCUT2D eigenvalue weighted by molar-refractivity contribution is 5.78. The average Bonchev–Trinajstić information content (AvgIpc) is 2.73. The van der Waals surface area contributed by atoms with Crippen molar-refractivity contribution in [1.29, 1.82) is 0 Å². The zero-order valence-electron chi connectivity index (χ0n) is 8.96. The Balaban J connectivity index is 2.26. The number of hydrogen-bond acceptors (Lipinski definition) is 2. The number of rotatable bonds is 1. The van der Waals surface area contributed by atoms with Crippen molar-refractivity contribution < 1.29 is 0 Å². The highest BCUT2D eigenvalue weighted by Gasteiger charge is 2.03. The minimum atomic E-state index is 1.02. The summed E-state index contributed by atoms with van der Waals surface area (Å²) < 4.78 is 2.07. The van der Waals surface area contributed by atoms with Gasteiger partial charge in [0.15, 0.2) is 0 Å². The van der Waals surface area contributed by atoms with Gasteiger partial charge < -0.3 is 0 Å². The third-order valence-electron chi connectivity index (χ3n) is 2.64. The Morgan fingerprint density at radius 1 is 1.06 bits per heavy atom. The smallest absolute Gasteiger partial charge is 0.100 e. The molecule has 2 aromatic heterocycles. The summed E-state index contributed by atoms with van der Waals surface area (Å²) in [5, 5.41) is 0. The molecule has 78 valence electrons. The van der Waals surface area contributed by atoms with E-state index in [1.807, 2.05) is 18.5 Å². The number of aromatic nitrogens is 3. The van der Waals surface area contributed by atoms with Gasteiger partial charge in [0.05, 0.1) is 16.7 Å². The molecule has 0 bridgehead atoms. The van der Waals surface area contributed by atoms with Crippen molar-refractivity contribution in [2.45, 2.75) is 6.92 Å². The average molecular weight is 209 g/mol. The lowest BCUT2D eigenvalue weighted by Gasteiger charge is -2.03. The molecule has 0 aliphatic carbocycles. The fourth-order valence-corrected chi connectivity index (χ4v) is 1.83. The summed E-state index contributed by atoms with van der Waals surface area (Å²) in [5.74, 6) is 0. The van der Waals surface area contributed by atoms with Crippen LogP contribution >= 0.6 is 0 Å². The zero-order valence-corrected chi connectivity index (χ0v) is 8.96. The van der Waals surface area contributed by atoms with Crippen molar-refractivity contribution >= 4 is 11.0 Å². The number of fused-ring (bicyclic) bond motifs is 1. The minimum absolute atomic E-state index is 1.02. The molecular formula is C13H11N3. The Labute approximate surface area is 93.4 Å². The number of aryl methyl sites for hydroxylation is 1. The highest BCUT2D eigenvalue weighted by atomic mass is 15.0. The molecule has 0 aliphatic rings. The van der Waals surface area contributed by atoms with Gasteiger partial charge in [-0.15, -0.1) is 0 Å². The molecular weight excluding hydrogens is 198 g/mol. The zero-order chi connectivity index (χ0) is 11.0. The SMILES string of the molecule is Cc1ccc2c(c1)ncn2-c1ccncc1. The Kier molecular flexibility index (Phi) is 1.96. The van der Waals surface area contributed by atoms with Gasteiger partial charge >= 0.3 is 0 Å². The number of imidazole rings is 1. The first-order valence-electron chi connectivity index (χ1n) is 5.19. The maximum atomic E-state index is 4.40. The lowest BCUT2D eigenvalue weighted by Crippen LogP contribution is -1.91. The first-order chi connectivity index (χ1) is 7.84. The largest absolute Gasteiger partial charge is 0.299 e. The molecule has 1 aromatic carbocycles. The second-order valence-electron chi connectivity index (χ2n) is 3.81. The Morgan fingerprint density at radius 3 is 2.69 bits per heavy atom. The van der Waals surface area contributed by atoms with Gasteiger partial charge in [-0.1, -0.05) is 6.07 Å². The third kappa shape index (κ3) is 1.37. The van der Waals surface area contributed by atoms with Crippen LogP contribution in [0.25, 0.3) is 16.7 Å². The van der Waals surface area contributed by atoms with E-state index in [1.165, 1.54) is 5.56 Å². The van der Waals surface area contributed by atoms with Crippen LogP contribution in [0.5, 0.6) is 0 Å². The van der Waals surface area contributed by atoms with Crippen molar-refractivity contribution in [1.82, 2.24) is 14.5 Å². The minimum Gasteiger partial charge on any atom is -0.299 e. The van der Waals surface area contributed by atoms with E-state index in [0.717, 1.165) is 16.7 Å². The molecule has 2 heterocycles. The van der Waals surface area contributed by atoms with Crippen LogP contribution in [0.4, 0.5) is 0 Å². The molecule has 3 nitrogen and oxygen atoms in total. The van der Waals surface area contributed by atoms with Crippen LogP contribution in [0.15, 0.2) is 49.1 Å². The maximum Gasteiger partial charge on any atom is 0.100 e. The molecule has 0 unspecified atom stereocenters. The Bertz CT molecular complexity index is 626. The molecule has 0 saturated heterocycles. The third-order valence-corrected chi connectivity index (χ3v) is 2.64. The van der Waals surface area contributed by atoms with E-state index in [0.29, 0.717) is 0 Å². The van der Waals surface area contributed by atoms with Crippen LogP contribution in [0.3, 0.4) is 0 Å². The number of benzene rings is 1. The summed E-state index contributed by atoms with van der Waals surface area (Å²) in [6.45, 7) is 2.07. The van der Waals surface area contributed by atoms with E-state index in [9.17, 15) is 0 Å². The maximum absolute atomic E-state index is 4.40. The van der Waals surface area contributed by atoms with Crippen LogP contribution in [0.1, 0.15) is 5.56 Å². The van der Waals surface area contributed by atoms with Gasteiger partial charge in [0.2, 0.25) is 0 Å². The molecule has 0 amide bonds. The van der Waals surface area contributed by atoms with Crippen LogP contribution in [0, 0.1) is 6.92 Å². The van der Waals surface area contributed by atoms with Gasteiger partial charge in [0.25, 0.3) is 0 Å². The first-order valence-corrected chi connectivity index (χ1v) is 5.19. The van der Waals surface area contributed by atoms with Gasteiger partial charge in [0, 0.05) is 12.4 Å². The molecule has 3 heteroatoms. The van der Waals surface area contributed by atoms with Gasteiger partial charge in [-0.05, 0) is 36.8 Å².